The highest BCUT2D eigenvalue weighted by molar-refractivity contribution is 7.99. The first-order chi connectivity index (χ1) is 10.3. The zero-order chi connectivity index (χ0) is 14.7. The zero-order valence-electron chi connectivity index (χ0n) is 12.2. The van der Waals surface area contributed by atoms with Crippen molar-refractivity contribution in [3.63, 3.8) is 0 Å². The standard InChI is InChI=1S/C16H19N3OS/c1-2-4-15-17-16(19-18-15)21-10-14(20)13-8-7-11-5-3-6-12(11)9-13/h7-9H,2-6,10H2,1H3,(H,17,18,19). The number of Topliss-reactive ketones (excluding diaryl/α,β-unsaturated/α-hetero) is 1. The second kappa shape index (κ2) is 6.43. The molecule has 1 aromatic carbocycles. The van der Waals surface area contributed by atoms with Crippen LogP contribution in [0.2, 0.25) is 0 Å². The summed E-state index contributed by atoms with van der Waals surface area (Å²) in [5, 5.41) is 7.70. The Morgan fingerprint density at radius 1 is 1.33 bits per heavy atom. The molecule has 21 heavy (non-hydrogen) atoms. The molecule has 0 saturated carbocycles. The van der Waals surface area contributed by atoms with Gasteiger partial charge in [-0.3, -0.25) is 9.89 Å². The second-order valence-corrected chi connectivity index (χ2v) is 6.31. The molecule has 110 valence electrons. The van der Waals surface area contributed by atoms with E-state index in [9.17, 15) is 4.79 Å². The highest BCUT2D eigenvalue weighted by atomic mass is 32.2. The van der Waals surface area contributed by atoms with Crippen LogP contribution in [-0.2, 0) is 19.3 Å². The van der Waals surface area contributed by atoms with Crippen molar-refractivity contribution in [1.29, 1.82) is 0 Å². The second-order valence-electron chi connectivity index (χ2n) is 5.36. The van der Waals surface area contributed by atoms with Crippen molar-refractivity contribution in [2.24, 2.45) is 0 Å². The molecular weight excluding hydrogens is 282 g/mol. The van der Waals surface area contributed by atoms with Crippen LogP contribution in [0.3, 0.4) is 0 Å². The molecule has 0 aliphatic heterocycles. The molecule has 5 heteroatoms. The average molecular weight is 301 g/mol. The van der Waals surface area contributed by atoms with Crippen molar-refractivity contribution in [3.8, 4) is 0 Å². The number of carbonyl (C=O) groups is 1. The minimum Gasteiger partial charge on any atom is -0.293 e. The summed E-state index contributed by atoms with van der Waals surface area (Å²) in [6, 6.07) is 6.12. The van der Waals surface area contributed by atoms with Crippen LogP contribution in [0.15, 0.2) is 23.4 Å². The van der Waals surface area contributed by atoms with Crippen molar-refractivity contribution in [1.82, 2.24) is 15.2 Å². The number of nitrogens with one attached hydrogen (secondary N) is 1. The summed E-state index contributed by atoms with van der Waals surface area (Å²) in [4.78, 5) is 16.6. The van der Waals surface area contributed by atoms with E-state index in [0.717, 1.165) is 37.1 Å². The van der Waals surface area contributed by atoms with Gasteiger partial charge in [0.2, 0.25) is 5.16 Å². The van der Waals surface area contributed by atoms with Crippen LogP contribution in [0, 0.1) is 0 Å². The number of aromatic nitrogens is 3. The predicted octanol–water partition coefficient (Wildman–Crippen LogP) is 3.22. The predicted molar refractivity (Wildman–Crippen MR) is 83.9 cm³/mol. The molecule has 0 fully saturated rings. The van der Waals surface area contributed by atoms with E-state index in [4.69, 9.17) is 0 Å². The number of nitrogens with zero attached hydrogens (tertiary/aromatic N) is 2. The van der Waals surface area contributed by atoms with E-state index in [1.165, 1.54) is 29.3 Å². The van der Waals surface area contributed by atoms with Gasteiger partial charge in [0, 0.05) is 12.0 Å². The molecule has 0 saturated heterocycles. The quantitative estimate of drug-likeness (QED) is 0.657. The lowest BCUT2D eigenvalue weighted by atomic mass is 10.0. The summed E-state index contributed by atoms with van der Waals surface area (Å²) in [5.41, 5.74) is 3.55. The topological polar surface area (TPSA) is 58.6 Å². The number of carbonyl (C=O) groups excluding carboxylic acids is 1. The summed E-state index contributed by atoms with van der Waals surface area (Å²) in [7, 11) is 0. The van der Waals surface area contributed by atoms with Crippen molar-refractivity contribution in [3.05, 3.63) is 40.7 Å². The van der Waals surface area contributed by atoms with Crippen LogP contribution in [0.25, 0.3) is 0 Å². The molecule has 4 nitrogen and oxygen atoms in total. The van der Waals surface area contributed by atoms with Crippen molar-refractivity contribution >= 4 is 17.5 Å². The smallest absolute Gasteiger partial charge is 0.208 e. The van der Waals surface area contributed by atoms with Gasteiger partial charge in [0.15, 0.2) is 5.78 Å². The van der Waals surface area contributed by atoms with Gasteiger partial charge in [-0.05, 0) is 42.9 Å². The Labute approximate surface area is 128 Å². The van der Waals surface area contributed by atoms with Crippen LogP contribution in [0.5, 0.6) is 0 Å². The van der Waals surface area contributed by atoms with Gasteiger partial charge in [-0.15, -0.1) is 5.10 Å². The van der Waals surface area contributed by atoms with Gasteiger partial charge in [0.05, 0.1) is 5.75 Å². The minimum atomic E-state index is 0.150. The summed E-state index contributed by atoms with van der Waals surface area (Å²) >= 11 is 1.40. The normalized spacial score (nSPS) is 13.4. The third-order valence-electron chi connectivity index (χ3n) is 3.75. The van der Waals surface area contributed by atoms with E-state index in [1.54, 1.807) is 0 Å². The lowest BCUT2D eigenvalue weighted by Gasteiger charge is -2.03. The van der Waals surface area contributed by atoms with Crippen molar-refractivity contribution in [2.75, 3.05) is 5.75 Å². The van der Waals surface area contributed by atoms with Gasteiger partial charge in [0.1, 0.15) is 5.82 Å². The van der Waals surface area contributed by atoms with Crippen LogP contribution in [0.4, 0.5) is 0 Å². The van der Waals surface area contributed by atoms with Gasteiger partial charge in [-0.1, -0.05) is 30.8 Å². The number of benzene rings is 1. The maximum atomic E-state index is 12.3. The highest BCUT2D eigenvalue weighted by Crippen LogP contribution is 2.24. The van der Waals surface area contributed by atoms with Gasteiger partial charge >= 0.3 is 0 Å². The van der Waals surface area contributed by atoms with Crippen LogP contribution in [-0.4, -0.2) is 26.7 Å². The number of rotatable bonds is 6. The molecule has 3 rings (SSSR count). The van der Waals surface area contributed by atoms with Crippen LogP contribution in [0.1, 0.15) is 47.1 Å². The lowest BCUT2D eigenvalue weighted by Crippen LogP contribution is -2.03. The lowest BCUT2D eigenvalue weighted by molar-refractivity contribution is 0.102. The Hall–Kier alpha value is -1.62. The third-order valence-corrected chi connectivity index (χ3v) is 4.60. The Balaban J connectivity index is 1.60. The van der Waals surface area contributed by atoms with E-state index < -0.39 is 0 Å². The molecule has 0 unspecified atom stereocenters. The van der Waals surface area contributed by atoms with E-state index in [-0.39, 0.29) is 5.78 Å². The fourth-order valence-electron chi connectivity index (χ4n) is 2.65. The summed E-state index contributed by atoms with van der Waals surface area (Å²) in [6.45, 7) is 2.10. The number of thioether (sulfide) groups is 1. The molecule has 1 heterocycles. The van der Waals surface area contributed by atoms with Crippen LogP contribution >= 0.6 is 11.8 Å². The van der Waals surface area contributed by atoms with E-state index in [0.29, 0.717) is 10.9 Å². The Morgan fingerprint density at radius 2 is 2.19 bits per heavy atom. The number of hydrogen-bond acceptors (Lipinski definition) is 4. The molecule has 0 amide bonds. The van der Waals surface area contributed by atoms with Crippen molar-refractivity contribution in [2.45, 2.75) is 44.2 Å². The van der Waals surface area contributed by atoms with Crippen molar-refractivity contribution < 1.29 is 4.79 Å². The van der Waals surface area contributed by atoms with Gasteiger partial charge in [-0.25, -0.2) is 4.98 Å². The number of aryl methyl sites for hydroxylation is 3. The Kier molecular flexibility index (Phi) is 4.39. The van der Waals surface area contributed by atoms with Gasteiger partial charge in [0.25, 0.3) is 0 Å². The largest absolute Gasteiger partial charge is 0.293 e. The maximum absolute atomic E-state index is 12.3. The van der Waals surface area contributed by atoms with Gasteiger partial charge in [-0.2, -0.15) is 0 Å². The molecule has 0 radical (unpaired) electrons. The average Bonchev–Trinajstić information content (AvgIpc) is 3.13. The summed E-state index contributed by atoms with van der Waals surface area (Å²) < 4.78 is 0. The molecule has 1 aliphatic rings. The maximum Gasteiger partial charge on any atom is 0.208 e. The number of ketones is 1. The molecule has 0 spiro atoms. The number of fused-ring (bicyclic) bond motifs is 1. The first-order valence-electron chi connectivity index (χ1n) is 7.45. The minimum absolute atomic E-state index is 0.150. The number of hydrogen-bond donors (Lipinski definition) is 1. The molecule has 2 aromatic rings. The first-order valence-corrected chi connectivity index (χ1v) is 8.44. The molecule has 0 atom stereocenters. The molecule has 1 N–H and O–H groups in total. The SMILES string of the molecule is CCCc1nc(SCC(=O)c2ccc3c(c2)CCC3)n[nH]1. The highest BCUT2D eigenvalue weighted by Gasteiger charge is 2.14. The van der Waals surface area contributed by atoms with Crippen LogP contribution < -0.4 is 0 Å². The van der Waals surface area contributed by atoms with Gasteiger partial charge < -0.3 is 0 Å². The summed E-state index contributed by atoms with van der Waals surface area (Å²) in [6.07, 6.45) is 5.39. The van der Waals surface area contributed by atoms with E-state index in [1.807, 2.05) is 6.07 Å². The summed E-state index contributed by atoms with van der Waals surface area (Å²) in [5.74, 6) is 1.43. The first kappa shape index (κ1) is 14.3. The number of H-pyrrole nitrogens is 1. The Morgan fingerprint density at radius 3 is 3.05 bits per heavy atom. The third kappa shape index (κ3) is 3.35. The number of aromatic amines is 1. The zero-order valence-corrected chi connectivity index (χ0v) is 13.0. The Bertz CT molecular complexity index is 651. The van der Waals surface area contributed by atoms with E-state index >= 15 is 0 Å². The van der Waals surface area contributed by atoms with E-state index in [2.05, 4.69) is 34.2 Å². The fraction of sp³-hybridized carbons (Fsp3) is 0.438. The molecule has 0 bridgehead atoms. The molecule has 1 aromatic heterocycles. The molecular formula is C16H19N3OS. The molecule has 1 aliphatic carbocycles. The monoisotopic (exact) mass is 301 g/mol. The fourth-order valence-corrected chi connectivity index (χ4v) is 3.36.